The van der Waals surface area contributed by atoms with Crippen LogP contribution in [0.2, 0.25) is 0 Å². The Morgan fingerprint density at radius 2 is 1.88 bits per heavy atom. The number of anilines is 1. The van der Waals surface area contributed by atoms with Crippen molar-refractivity contribution in [3.63, 3.8) is 0 Å². The number of allylic oxidation sites excluding steroid dienone is 1. The summed E-state index contributed by atoms with van der Waals surface area (Å²) in [5.41, 5.74) is 0.768. The lowest BCUT2D eigenvalue weighted by Crippen LogP contribution is -2.29. The molecule has 2 aliphatic rings. The largest absolute Gasteiger partial charge is 0.434 e. The Hall–Kier alpha value is -3.50. The molecule has 0 N–H and O–H groups in total. The number of imidazole rings is 1. The maximum Gasteiger partial charge on any atom is 0.434 e. The third-order valence-electron chi connectivity index (χ3n) is 6.00. The van der Waals surface area contributed by atoms with Crippen molar-refractivity contribution >= 4 is 11.4 Å². The Morgan fingerprint density at radius 3 is 2.56 bits per heavy atom. The number of piperidine rings is 1. The number of rotatable bonds is 4. The van der Waals surface area contributed by atoms with Crippen molar-refractivity contribution in [2.75, 3.05) is 24.5 Å². The van der Waals surface area contributed by atoms with Gasteiger partial charge >= 0.3 is 6.18 Å². The van der Waals surface area contributed by atoms with Crippen LogP contribution in [-0.4, -0.2) is 45.0 Å². The van der Waals surface area contributed by atoms with E-state index in [1.807, 2.05) is 0 Å². The van der Waals surface area contributed by atoms with Gasteiger partial charge in [0, 0.05) is 32.0 Å². The summed E-state index contributed by atoms with van der Waals surface area (Å²) in [5.74, 6) is 0.00358. The van der Waals surface area contributed by atoms with Gasteiger partial charge in [0.2, 0.25) is 0 Å². The fourth-order valence-corrected chi connectivity index (χ4v) is 4.26. The van der Waals surface area contributed by atoms with E-state index in [1.54, 1.807) is 18.2 Å². The third-order valence-corrected chi connectivity index (χ3v) is 6.00. The second-order valence-electron chi connectivity index (χ2n) is 8.42. The fraction of sp³-hybridized carbons (Fsp3) is 0.391. The maximum atomic E-state index is 14.1. The van der Waals surface area contributed by atoms with E-state index >= 15 is 0 Å². The smallest absolute Gasteiger partial charge is 0.371 e. The lowest BCUT2D eigenvalue weighted by atomic mass is 10.0. The zero-order chi connectivity index (χ0) is 23.9. The highest BCUT2D eigenvalue weighted by molar-refractivity contribution is 6.06. The second-order valence-corrected chi connectivity index (χ2v) is 8.42. The summed E-state index contributed by atoms with van der Waals surface area (Å²) < 4.78 is 59.7. The minimum Gasteiger partial charge on any atom is -0.371 e. The van der Waals surface area contributed by atoms with Crippen LogP contribution in [0.15, 0.2) is 46.1 Å². The minimum absolute atomic E-state index is 0.127. The summed E-state index contributed by atoms with van der Waals surface area (Å²) in [5, 5.41) is 4.07. The van der Waals surface area contributed by atoms with E-state index in [2.05, 4.69) is 25.0 Å². The number of aryl methyl sites for hydroxylation is 1. The van der Waals surface area contributed by atoms with E-state index in [0.29, 0.717) is 17.1 Å². The van der Waals surface area contributed by atoms with Crippen LogP contribution in [0.1, 0.15) is 42.5 Å². The van der Waals surface area contributed by atoms with Gasteiger partial charge in [-0.05, 0) is 43.5 Å². The molecule has 0 radical (unpaired) electrons. The molecule has 11 heteroatoms. The molecule has 2 aliphatic heterocycles. The Morgan fingerprint density at radius 1 is 1.09 bits per heavy atom. The fourth-order valence-electron chi connectivity index (χ4n) is 4.26. The molecule has 1 saturated heterocycles. The van der Waals surface area contributed by atoms with E-state index in [9.17, 15) is 17.6 Å². The van der Waals surface area contributed by atoms with Gasteiger partial charge in [-0.2, -0.15) is 18.2 Å². The average molecular weight is 474 g/mol. The van der Waals surface area contributed by atoms with Crippen molar-refractivity contribution in [1.29, 1.82) is 0 Å². The van der Waals surface area contributed by atoms with Crippen LogP contribution in [0.5, 0.6) is 0 Å². The van der Waals surface area contributed by atoms with Crippen LogP contribution in [0, 0.1) is 5.82 Å². The Balaban J connectivity index is 1.36. The molecule has 0 amide bonds. The number of dihydropyridines is 1. The number of aromatic nitrogens is 4. The van der Waals surface area contributed by atoms with Gasteiger partial charge in [-0.3, -0.25) is 4.99 Å². The summed E-state index contributed by atoms with van der Waals surface area (Å²) in [7, 11) is 1.49. The second kappa shape index (κ2) is 8.69. The standard InChI is InChI=1S/C23H22F4N6O/c1-32-13-19(23(25,26)27)29-21(32)17-7-5-14(12-28-17)20-30-22(34-31-20)16-11-15(24)6-8-18(16)33-9-3-2-4-10-33/h5-8,11,13-14H,2-4,9-10,12H2,1H3. The number of benzene rings is 1. The van der Waals surface area contributed by atoms with Crippen LogP contribution in [0.3, 0.4) is 0 Å². The van der Waals surface area contributed by atoms with Gasteiger partial charge in [0.25, 0.3) is 5.89 Å². The molecule has 0 aliphatic carbocycles. The number of alkyl halides is 3. The first kappa shape index (κ1) is 22.3. The van der Waals surface area contributed by atoms with Crippen molar-refractivity contribution in [3.8, 4) is 11.5 Å². The van der Waals surface area contributed by atoms with E-state index in [0.717, 1.165) is 37.8 Å². The first-order valence-electron chi connectivity index (χ1n) is 11.0. The van der Waals surface area contributed by atoms with Crippen molar-refractivity contribution < 1.29 is 22.1 Å². The van der Waals surface area contributed by atoms with Gasteiger partial charge in [-0.25, -0.2) is 9.37 Å². The molecule has 1 fully saturated rings. The van der Waals surface area contributed by atoms with Gasteiger partial charge in [0.1, 0.15) is 5.82 Å². The maximum absolute atomic E-state index is 14.1. The van der Waals surface area contributed by atoms with Gasteiger partial charge in [-0.15, -0.1) is 0 Å². The molecule has 4 heterocycles. The van der Waals surface area contributed by atoms with E-state index < -0.39 is 17.7 Å². The summed E-state index contributed by atoms with van der Waals surface area (Å²) in [4.78, 5) is 14.8. The number of hydrogen-bond donors (Lipinski definition) is 0. The van der Waals surface area contributed by atoms with Gasteiger partial charge < -0.3 is 14.0 Å². The molecule has 1 unspecified atom stereocenters. The van der Waals surface area contributed by atoms with Crippen molar-refractivity contribution in [2.24, 2.45) is 12.0 Å². The number of halogens is 4. The zero-order valence-electron chi connectivity index (χ0n) is 18.4. The van der Waals surface area contributed by atoms with Crippen molar-refractivity contribution in [1.82, 2.24) is 19.7 Å². The molecule has 178 valence electrons. The van der Waals surface area contributed by atoms with Gasteiger partial charge in [0.05, 0.1) is 23.7 Å². The third kappa shape index (κ3) is 4.34. The monoisotopic (exact) mass is 474 g/mol. The summed E-state index contributed by atoms with van der Waals surface area (Å²) in [6.07, 6.45) is 3.08. The summed E-state index contributed by atoms with van der Waals surface area (Å²) in [6, 6.07) is 4.55. The number of nitrogens with zero attached hydrogens (tertiary/aromatic N) is 6. The lowest BCUT2D eigenvalue weighted by Gasteiger charge is -2.30. The zero-order valence-corrected chi connectivity index (χ0v) is 18.4. The molecular formula is C23H22F4N6O. The minimum atomic E-state index is -4.53. The Bertz CT molecular complexity index is 1250. The average Bonchev–Trinajstić information content (AvgIpc) is 3.47. The molecule has 1 aromatic carbocycles. The molecule has 0 saturated carbocycles. The lowest BCUT2D eigenvalue weighted by molar-refractivity contribution is -0.140. The van der Waals surface area contributed by atoms with Crippen LogP contribution < -0.4 is 4.90 Å². The van der Waals surface area contributed by atoms with Crippen LogP contribution in [0.4, 0.5) is 23.2 Å². The molecule has 3 aromatic rings. The summed E-state index contributed by atoms with van der Waals surface area (Å²) >= 11 is 0. The molecule has 5 rings (SSSR count). The Labute approximate surface area is 192 Å². The molecule has 2 aromatic heterocycles. The first-order chi connectivity index (χ1) is 16.3. The molecule has 0 bridgehead atoms. The quantitative estimate of drug-likeness (QED) is 0.510. The van der Waals surface area contributed by atoms with E-state index in [4.69, 9.17) is 4.52 Å². The molecule has 34 heavy (non-hydrogen) atoms. The van der Waals surface area contributed by atoms with Crippen LogP contribution >= 0.6 is 0 Å². The molecule has 7 nitrogen and oxygen atoms in total. The van der Waals surface area contributed by atoms with Gasteiger partial charge in [-0.1, -0.05) is 11.2 Å². The van der Waals surface area contributed by atoms with Crippen molar-refractivity contribution in [2.45, 2.75) is 31.4 Å². The SMILES string of the molecule is Cn1cc(C(F)(F)F)nc1C1=NCC(c2noc(-c3cc(F)ccc3N3CCCCC3)n2)C=C1. The van der Waals surface area contributed by atoms with Crippen LogP contribution in [0.25, 0.3) is 11.5 Å². The highest BCUT2D eigenvalue weighted by Gasteiger charge is 2.35. The molecular weight excluding hydrogens is 452 g/mol. The number of aliphatic imine (C=N–C) groups is 1. The predicted molar refractivity (Wildman–Crippen MR) is 117 cm³/mol. The predicted octanol–water partition coefficient (Wildman–Crippen LogP) is 4.76. The Kier molecular flexibility index (Phi) is 5.70. The molecule has 1 atom stereocenters. The molecule has 0 spiro atoms. The normalized spacial score (nSPS) is 18.9. The van der Waals surface area contributed by atoms with E-state index in [1.165, 1.54) is 30.2 Å². The number of hydrogen-bond acceptors (Lipinski definition) is 6. The topological polar surface area (TPSA) is 72.3 Å². The highest BCUT2D eigenvalue weighted by atomic mass is 19.4. The van der Waals surface area contributed by atoms with E-state index in [-0.39, 0.29) is 24.2 Å². The van der Waals surface area contributed by atoms with Gasteiger partial charge in [0.15, 0.2) is 17.3 Å². The summed E-state index contributed by atoms with van der Waals surface area (Å²) in [6.45, 7) is 1.98. The first-order valence-corrected chi connectivity index (χ1v) is 11.0. The van der Waals surface area contributed by atoms with Crippen molar-refractivity contribution in [3.05, 3.63) is 59.7 Å². The van der Waals surface area contributed by atoms with Crippen LogP contribution in [-0.2, 0) is 13.2 Å². The highest BCUT2D eigenvalue weighted by Crippen LogP contribution is 2.34.